The molecular formula is C27H27NO5. The first kappa shape index (κ1) is 21.6. The summed E-state index contributed by atoms with van der Waals surface area (Å²) < 4.78 is 5.21. The number of imide groups is 1. The molecule has 0 radical (unpaired) electrons. The van der Waals surface area contributed by atoms with Crippen LogP contribution in [0.1, 0.15) is 61.8 Å². The van der Waals surface area contributed by atoms with E-state index in [2.05, 4.69) is 0 Å². The van der Waals surface area contributed by atoms with Crippen LogP contribution in [0.3, 0.4) is 0 Å². The van der Waals surface area contributed by atoms with Crippen molar-refractivity contribution in [1.29, 1.82) is 0 Å². The predicted octanol–water partition coefficient (Wildman–Crippen LogP) is 3.43. The van der Waals surface area contributed by atoms with E-state index in [0.29, 0.717) is 0 Å². The van der Waals surface area contributed by atoms with Gasteiger partial charge in [0.1, 0.15) is 6.04 Å². The minimum Gasteiger partial charge on any atom is -0.456 e. The Labute approximate surface area is 192 Å². The van der Waals surface area contributed by atoms with Gasteiger partial charge in [-0.15, -0.1) is 0 Å². The van der Waals surface area contributed by atoms with Crippen LogP contribution in [0, 0.1) is 17.3 Å². The summed E-state index contributed by atoms with van der Waals surface area (Å²) in [6, 6.07) is 14.9. The number of rotatable bonds is 4. The zero-order valence-corrected chi connectivity index (χ0v) is 19.2. The summed E-state index contributed by atoms with van der Waals surface area (Å²) in [7, 11) is 0. The Morgan fingerprint density at radius 2 is 1.24 bits per heavy atom. The summed E-state index contributed by atoms with van der Waals surface area (Å²) in [6.07, 6.45) is 0. The molecule has 3 aliphatic carbocycles. The number of Topliss-reactive ketones (excluding diaryl/α,β-unsaturated/α-hetero) is 1. The smallest absolute Gasteiger partial charge is 0.329 e. The van der Waals surface area contributed by atoms with E-state index in [1.807, 2.05) is 48.5 Å². The maximum atomic E-state index is 13.6. The van der Waals surface area contributed by atoms with E-state index in [0.717, 1.165) is 27.2 Å². The molecule has 170 valence electrons. The molecule has 2 amide bonds. The molecule has 1 aliphatic heterocycles. The number of esters is 1. The quantitative estimate of drug-likeness (QED) is 0.532. The monoisotopic (exact) mass is 445 g/mol. The molecule has 1 fully saturated rings. The summed E-state index contributed by atoms with van der Waals surface area (Å²) in [5, 5.41) is 0. The lowest BCUT2D eigenvalue weighted by Gasteiger charge is -2.45. The maximum Gasteiger partial charge on any atom is 0.329 e. The Bertz CT molecular complexity index is 1080. The van der Waals surface area contributed by atoms with E-state index in [4.69, 9.17) is 4.74 Å². The average Bonchev–Trinajstić information content (AvgIpc) is 3.06. The number of amides is 2. The van der Waals surface area contributed by atoms with Gasteiger partial charge in [0.05, 0.1) is 11.8 Å². The van der Waals surface area contributed by atoms with Crippen LogP contribution in [0.15, 0.2) is 48.5 Å². The van der Waals surface area contributed by atoms with Crippen molar-refractivity contribution in [3.63, 3.8) is 0 Å². The van der Waals surface area contributed by atoms with Gasteiger partial charge in [0.25, 0.3) is 0 Å². The second kappa shape index (κ2) is 7.37. The molecule has 4 aliphatic rings. The highest BCUT2D eigenvalue weighted by Gasteiger charge is 2.62. The third-order valence-corrected chi connectivity index (χ3v) is 7.39. The number of ether oxygens (including phenoxy) is 1. The summed E-state index contributed by atoms with van der Waals surface area (Å²) in [5.74, 6) is -3.17. The number of likely N-dealkylation sites (tertiary alicyclic amines) is 1. The highest BCUT2D eigenvalue weighted by atomic mass is 16.5. The van der Waals surface area contributed by atoms with Gasteiger partial charge in [0, 0.05) is 17.3 Å². The van der Waals surface area contributed by atoms with Crippen molar-refractivity contribution in [3.8, 4) is 0 Å². The standard InChI is InChI=1S/C27H27NO5/c1-14(26(32)33-13-19(29)27(2,3)4)28-24(30)22-20-15-9-5-6-10-16(15)21(23(22)25(28)31)18-12-8-7-11-17(18)20/h5-12,14,20-23H,13H2,1-4H3/t14-,20?,21?,22-,23-/m0/s1. The van der Waals surface area contributed by atoms with Gasteiger partial charge in [-0.2, -0.15) is 0 Å². The molecule has 3 atom stereocenters. The van der Waals surface area contributed by atoms with Gasteiger partial charge < -0.3 is 4.74 Å². The first-order chi connectivity index (χ1) is 15.6. The Kier molecular flexibility index (Phi) is 4.82. The van der Waals surface area contributed by atoms with Crippen molar-refractivity contribution >= 4 is 23.6 Å². The molecule has 0 unspecified atom stereocenters. The fourth-order valence-corrected chi connectivity index (χ4v) is 5.66. The largest absolute Gasteiger partial charge is 0.456 e. The van der Waals surface area contributed by atoms with Crippen LogP contribution in [0.2, 0.25) is 0 Å². The van der Waals surface area contributed by atoms with Crippen LogP contribution < -0.4 is 0 Å². The van der Waals surface area contributed by atoms with Crippen molar-refractivity contribution in [2.24, 2.45) is 17.3 Å². The minimum atomic E-state index is -1.09. The Balaban J connectivity index is 1.47. The number of benzene rings is 2. The number of nitrogens with zero attached hydrogens (tertiary/aromatic N) is 1. The maximum absolute atomic E-state index is 13.6. The Morgan fingerprint density at radius 1 is 0.848 bits per heavy atom. The molecule has 2 aromatic rings. The highest BCUT2D eigenvalue weighted by molar-refractivity contribution is 6.10. The molecule has 1 heterocycles. The van der Waals surface area contributed by atoms with Gasteiger partial charge in [-0.05, 0) is 29.2 Å². The van der Waals surface area contributed by atoms with Crippen LogP contribution in [-0.2, 0) is 23.9 Å². The zero-order chi connectivity index (χ0) is 23.7. The van der Waals surface area contributed by atoms with E-state index in [1.165, 1.54) is 6.92 Å². The topological polar surface area (TPSA) is 80.8 Å². The number of ketones is 1. The van der Waals surface area contributed by atoms with Crippen LogP contribution in [0.4, 0.5) is 0 Å². The normalized spacial score (nSPS) is 25.9. The predicted molar refractivity (Wildman–Crippen MR) is 120 cm³/mol. The van der Waals surface area contributed by atoms with Gasteiger partial charge in [-0.1, -0.05) is 69.3 Å². The van der Waals surface area contributed by atoms with Crippen molar-refractivity contribution in [1.82, 2.24) is 4.90 Å². The third-order valence-electron chi connectivity index (χ3n) is 7.39. The third kappa shape index (κ3) is 3.07. The second-order valence-corrected chi connectivity index (χ2v) is 10.3. The van der Waals surface area contributed by atoms with E-state index in [9.17, 15) is 19.2 Å². The molecule has 6 rings (SSSR count). The van der Waals surface area contributed by atoms with E-state index in [1.54, 1.807) is 20.8 Å². The van der Waals surface area contributed by atoms with Gasteiger partial charge in [0.15, 0.2) is 12.4 Å². The molecule has 0 spiro atoms. The van der Waals surface area contributed by atoms with Crippen molar-refractivity contribution in [2.75, 3.05) is 6.61 Å². The van der Waals surface area contributed by atoms with Crippen LogP contribution in [0.25, 0.3) is 0 Å². The minimum absolute atomic E-state index is 0.222. The van der Waals surface area contributed by atoms with E-state index < -0.39 is 29.3 Å². The van der Waals surface area contributed by atoms with Gasteiger partial charge in [-0.25, -0.2) is 4.79 Å². The van der Waals surface area contributed by atoms with Crippen LogP contribution >= 0.6 is 0 Å². The average molecular weight is 446 g/mol. The van der Waals surface area contributed by atoms with Crippen molar-refractivity contribution < 1.29 is 23.9 Å². The zero-order valence-electron chi connectivity index (χ0n) is 19.2. The lowest BCUT2D eigenvalue weighted by molar-refractivity contribution is -0.160. The lowest BCUT2D eigenvalue weighted by atomic mass is 9.55. The van der Waals surface area contributed by atoms with Gasteiger partial charge in [0.2, 0.25) is 11.8 Å². The van der Waals surface area contributed by atoms with E-state index >= 15 is 0 Å². The van der Waals surface area contributed by atoms with Crippen LogP contribution in [0.5, 0.6) is 0 Å². The summed E-state index contributed by atoms with van der Waals surface area (Å²) in [5.41, 5.74) is 3.68. The molecule has 6 nitrogen and oxygen atoms in total. The highest BCUT2D eigenvalue weighted by Crippen LogP contribution is 2.61. The van der Waals surface area contributed by atoms with Crippen LogP contribution in [-0.4, -0.2) is 41.1 Å². The fraction of sp³-hybridized carbons (Fsp3) is 0.407. The van der Waals surface area contributed by atoms with E-state index in [-0.39, 0.29) is 36.0 Å². The SMILES string of the molecule is C[C@@H](C(=O)OCC(=O)C(C)(C)C)N1C(=O)[C@H]2C3c4ccccc4C(c4ccccc43)[C@@H]2C1=O. The number of hydrogen-bond acceptors (Lipinski definition) is 5. The second-order valence-electron chi connectivity index (χ2n) is 10.3. The summed E-state index contributed by atoms with van der Waals surface area (Å²) in [4.78, 5) is 53.3. The molecule has 0 saturated carbocycles. The molecule has 33 heavy (non-hydrogen) atoms. The van der Waals surface area contributed by atoms with Gasteiger partial charge >= 0.3 is 5.97 Å². The van der Waals surface area contributed by atoms with Crippen molar-refractivity contribution in [2.45, 2.75) is 45.6 Å². The summed E-state index contributed by atoms with van der Waals surface area (Å²) in [6.45, 7) is 6.36. The molecule has 2 bridgehead atoms. The lowest BCUT2D eigenvalue weighted by Crippen LogP contribution is -2.45. The fourth-order valence-electron chi connectivity index (χ4n) is 5.66. The van der Waals surface area contributed by atoms with Crippen molar-refractivity contribution in [3.05, 3.63) is 70.8 Å². The molecular weight excluding hydrogens is 418 g/mol. The number of carbonyl (C=O) groups is 4. The molecule has 0 aromatic heterocycles. The number of hydrogen-bond donors (Lipinski definition) is 0. The Hall–Kier alpha value is -3.28. The molecule has 1 saturated heterocycles. The van der Waals surface area contributed by atoms with Gasteiger partial charge in [-0.3, -0.25) is 19.3 Å². The molecule has 2 aromatic carbocycles. The first-order valence-corrected chi connectivity index (χ1v) is 11.4. The Morgan fingerprint density at radius 3 is 1.61 bits per heavy atom. The summed E-state index contributed by atoms with van der Waals surface area (Å²) >= 11 is 0. The molecule has 0 N–H and O–H groups in total. The first-order valence-electron chi connectivity index (χ1n) is 11.4. The number of carbonyl (C=O) groups excluding carboxylic acids is 4. The molecule has 6 heteroatoms.